The van der Waals surface area contributed by atoms with E-state index >= 15 is 0 Å². The number of unbranched alkanes of at least 4 members (excludes halogenated alkanes) is 36. The summed E-state index contributed by atoms with van der Waals surface area (Å²) in [6.07, 6.45) is 82.5. The van der Waals surface area contributed by atoms with Crippen molar-refractivity contribution in [1.29, 1.82) is 0 Å². The van der Waals surface area contributed by atoms with Crippen molar-refractivity contribution in [2.45, 2.75) is 380 Å². The van der Waals surface area contributed by atoms with Gasteiger partial charge in [0, 0.05) is 25.7 Å². The van der Waals surface area contributed by atoms with E-state index in [0.29, 0.717) is 32.1 Å². The van der Waals surface area contributed by atoms with E-state index in [1.807, 2.05) is 12.2 Å². The molecule has 0 rings (SSSR count). The van der Waals surface area contributed by atoms with Crippen molar-refractivity contribution in [2.24, 2.45) is 0 Å². The molecular weight excluding hydrogens is 1350 g/mol. The number of esters is 4. The van der Waals surface area contributed by atoms with Crippen LogP contribution in [-0.2, 0) is 65.4 Å². The second kappa shape index (κ2) is 77.1. The van der Waals surface area contributed by atoms with Crippen LogP contribution in [0, 0.1) is 0 Å². The van der Waals surface area contributed by atoms with Crippen LogP contribution in [0.1, 0.15) is 362 Å². The summed E-state index contributed by atoms with van der Waals surface area (Å²) in [7, 11) is -9.97. The number of carbonyl (C=O) groups excluding carboxylic acids is 4. The van der Waals surface area contributed by atoms with Crippen LogP contribution in [0.2, 0.25) is 0 Å². The van der Waals surface area contributed by atoms with E-state index in [-0.39, 0.29) is 25.7 Å². The summed E-state index contributed by atoms with van der Waals surface area (Å²) < 4.78 is 68.6. The average molecular weight is 1510 g/mol. The van der Waals surface area contributed by atoms with Crippen LogP contribution in [0.15, 0.2) is 97.2 Å². The quantitative estimate of drug-likeness (QED) is 0.0169. The van der Waals surface area contributed by atoms with Crippen molar-refractivity contribution in [2.75, 3.05) is 39.6 Å². The Hall–Kier alpha value is -4.02. The standard InChI is InChI=1S/C85H150O17P2/c1-5-9-13-17-21-25-29-33-37-38-39-40-44-46-50-54-58-62-66-70-83(88)96-76-81(102-85(90)72-68-64-60-56-52-48-43-36-32-28-24-20-16-12-8-4)78-100-104(93,94)98-74-79(86)73-97-103(91,92)99-77-80(101-84(89)71-67-63-59-55-51-47-42-35-31-27-23-19-15-11-7-3)75-95-82(87)69-65-61-57-53-49-45-41-34-30-26-22-18-14-10-6-2/h9,13,21,25,27,31,33-34,37,39-41,46,50,58,62,79-81,86H,5-8,10-12,14-20,22-24,26,28-30,32,35-36,38,42-45,47-49,51-57,59-61,63-78H2,1-4H3,(H,91,92)(H,93,94)/b13-9-,25-21-,31-27-,37-33-,40-39-,41-34-,50-46-,62-58-/t79-,80+,81+/m0/s1. The van der Waals surface area contributed by atoms with Crippen LogP contribution >= 0.6 is 15.6 Å². The normalized spacial score (nSPS) is 14.3. The number of rotatable bonds is 78. The lowest BCUT2D eigenvalue weighted by atomic mass is 10.0. The van der Waals surface area contributed by atoms with Crippen LogP contribution < -0.4 is 0 Å². The zero-order chi connectivity index (χ0) is 76.0. The van der Waals surface area contributed by atoms with Crippen molar-refractivity contribution in [3.63, 3.8) is 0 Å². The number of aliphatic hydroxyl groups is 1. The van der Waals surface area contributed by atoms with Crippen molar-refractivity contribution in [3.8, 4) is 0 Å². The maximum Gasteiger partial charge on any atom is 0.472 e. The van der Waals surface area contributed by atoms with Gasteiger partial charge < -0.3 is 33.8 Å². The molecule has 3 N–H and O–H groups in total. The number of hydrogen-bond donors (Lipinski definition) is 3. The summed E-state index contributed by atoms with van der Waals surface area (Å²) in [5.41, 5.74) is 0. The Balaban J connectivity index is 5.41. The minimum Gasteiger partial charge on any atom is -0.462 e. The molecule has 0 spiro atoms. The van der Waals surface area contributed by atoms with Crippen LogP contribution in [-0.4, -0.2) is 96.7 Å². The number of phosphoric ester groups is 2. The summed E-state index contributed by atoms with van der Waals surface area (Å²) in [4.78, 5) is 73.1. The molecule has 17 nitrogen and oxygen atoms in total. The van der Waals surface area contributed by atoms with E-state index in [1.165, 1.54) is 128 Å². The second-order valence-corrected chi connectivity index (χ2v) is 30.6. The van der Waals surface area contributed by atoms with Crippen LogP contribution in [0.3, 0.4) is 0 Å². The molecule has 602 valence electrons. The van der Waals surface area contributed by atoms with Gasteiger partial charge in [-0.15, -0.1) is 0 Å². The van der Waals surface area contributed by atoms with Crippen molar-refractivity contribution >= 4 is 39.5 Å². The Bertz CT molecular complexity index is 2350. The SMILES string of the molecule is CC/C=C\C/C=C\C/C=C\C/C=C\C/C=C\C/C=C\CCC(=O)OC[C@H](COP(=O)(O)OC[C@@H](O)COP(=O)(O)OC[C@@H](COC(=O)CCCCCCC/C=C\CCCCCCCC)OC(=O)CCCCCCCCC/C=C\CCCCCC)OC(=O)CCCCCCCCCCCCCCCCC. The number of carbonyl (C=O) groups is 4. The van der Waals surface area contributed by atoms with Gasteiger partial charge in [-0.25, -0.2) is 9.13 Å². The number of ether oxygens (including phenoxy) is 4. The van der Waals surface area contributed by atoms with Gasteiger partial charge in [-0.05, 0) is 116 Å². The van der Waals surface area contributed by atoms with Gasteiger partial charge >= 0.3 is 39.5 Å². The first-order chi connectivity index (χ1) is 50.7. The lowest BCUT2D eigenvalue weighted by Crippen LogP contribution is -2.30. The Morgan fingerprint density at radius 2 is 0.519 bits per heavy atom. The molecule has 0 saturated carbocycles. The number of allylic oxidation sites excluding steroid dienone is 16. The maximum atomic E-state index is 13.1. The van der Waals surface area contributed by atoms with Gasteiger partial charge in [0.05, 0.1) is 26.4 Å². The van der Waals surface area contributed by atoms with Crippen molar-refractivity contribution in [1.82, 2.24) is 0 Å². The molecular formula is C85H150O17P2. The van der Waals surface area contributed by atoms with E-state index in [0.717, 1.165) is 148 Å². The third kappa shape index (κ3) is 76.2. The Morgan fingerprint density at radius 1 is 0.279 bits per heavy atom. The fraction of sp³-hybridized carbons (Fsp3) is 0.765. The molecule has 0 amide bonds. The molecule has 0 aliphatic heterocycles. The highest BCUT2D eigenvalue weighted by Crippen LogP contribution is 2.45. The highest BCUT2D eigenvalue weighted by Gasteiger charge is 2.30. The van der Waals surface area contributed by atoms with Gasteiger partial charge in [-0.2, -0.15) is 0 Å². The highest BCUT2D eigenvalue weighted by molar-refractivity contribution is 7.47. The van der Waals surface area contributed by atoms with E-state index in [4.69, 9.17) is 37.0 Å². The van der Waals surface area contributed by atoms with Gasteiger partial charge in [0.2, 0.25) is 0 Å². The Labute approximate surface area is 633 Å². The summed E-state index contributed by atoms with van der Waals surface area (Å²) in [6, 6.07) is 0. The van der Waals surface area contributed by atoms with Crippen molar-refractivity contribution in [3.05, 3.63) is 97.2 Å². The van der Waals surface area contributed by atoms with E-state index in [1.54, 1.807) is 0 Å². The zero-order valence-corrected chi connectivity index (χ0v) is 67.7. The van der Waals surface area contributed by atoms with Crippen LogP contribution in [0.4, 0.5) is 0 Å². The first-order valence-corrected chi connectivity index (χ1v) is 44.5. The molecule has 0 aromatic rings. The third-order valence-electron chi connectivity index (χ3n) is 17.5. The molecule has 0 bridgehead atoms. The molecule has 0 aromatic carbocycles. The predicted octanol–water partition coefficient (Wildman–Crippen LogP) is 24.3. The van der Waals surface area contributed by atoms with Crippen molar-refractivity contribution < 1.29 is 80.2 Å². The summed E-state index contributed by atoms with van der Waals surface area (Å²) in [6.45, 7) is 4.71. The Kier molecular flexibility index (Phi) is 74.2. The first kappa shape index (κ1) is 100.0. The Morgan fingerprint density at radius 3 is 0.837 bits per heavy atom. The van der Waals surface area contributed by atoms with E-state index in [2.05, 4.69) is 113 Å². The summed E-state index contributed by atoms with van der Waals surface area (Å²) >= 11 is 0. The van der Waals surface area contributed by atoms with Crippen LogP contribution in [0.25, 0.3) is 0 Å². The maximum absolute atomic E-state index is 13.1. The molecule has 0 heterocycles. The molecule has 0 saturated heterocycles. The number of hydrogen-bond acceptors (Lipinski definition) is 15. The first-order valence-electron chi connectivity index (χ1n) is 41.5. The minimum absolute atomic E-state index is 0.0382. The van der Waals surface area contributed by atoms with Gasteiger partial charge in [0.15, 0.2) is 12.2 Å². The fourth-order valence-electron chi connectivity index (χ4n) is 11.2. The smallest absolute Gasteiger partial charge is 0.462 e. The molecule has 0 aliphatic carbocycles. The lowest BCUT2D eigenvalue weighted by Gasteiger charge is -2.21. The summed E-state index contributed by atoms with van der Waals surface area (Å²) in [5, 5.41) is 10.7. The topological polar surface area (TPSA) is 237 Å². The van der Waals surface area contributed by atoms with E-state index < -0.39 is 97.5 Å². The number of aliphatic hydroxyl groups excluding tert-OH is 1. The van der Waals surface area contributed by atoms with Gasteiger partial charge in [0.1, 0.15) is 19.3 Å². The lowest BCUT2D eigenvalue weighted by molar-refractivity contribution is -0.161. The zero-order valence-electron chi connectivity index (χ0n) is 65.9. The average Bonchev–Trinajstić information content (AvgIpc) is 0.918. The molecule has 5 atom stereocenters. The van der Waals surface area contributed by atoms with Crippen LogP contribution in [0.5, 0.6) is 0 Å². The highest BCUT2D eigenvalue weighted by atomic mass is 31.2. The molecule has 104 heavy (non-hydrogen) atoms. The fourth-order valence-corrected chi connectivity index (χ4v) is 12.8. The molecule has 2 unspecified atom stereocenters. The predicted molar refractivity (Wildman–Crippen MR) is 427 cm³/mol. The monoisotopic (exact) mass is 1510 g/mol. The van der Waals surface area contributed by atoms with E-state index in [9.17, 15) is 43.2 Å². The largest absolute Gasteiger partial charge is 0.472 e. The summed E-state index contributed by atoms with van der Waals surface area (Å²) in [5.74, 6) is -2.26. The second-order valence-electron chi connectivity index (χ2n) is 27.7. The molecule has 0 fully saturated rings. The van der Waals surface area contributed by atoms with Gasteiger partial charge in [-0.1, -0.05) is 318 Å². The van der Waals surface area contributed by atoms with Gasteiger partial charge in [-0.3, -0.25) is 37.3 Å². The molecule has 19 heteroatoms. The molecule has 0 aromatic heterocycles. The number of phosphoric acid groups is 2. The van der Waals surface area contributed by atoms with Gasteiger partial charge in [0.25, 0.3) is 0 Å². The minimum atomic E-state index is -4.99. The third-order valence-corrected chi connectivity index (χ3v) is 19.4. The molecule has 0 aliphatic rings. The molecule has 0 radical (unpaired) electrons.